The van der Waals surface area contributed by atoms with Gasteiger partial charge in [-0.1, -0.05) is 0 Å². The summed E-state index contributed by atoms with van der Waals surface area (Å²) in [5, 5.41) is 3.80. The van der Waals surface area contributed by atoms with Crippen LogP contribution in [0.4, 0.5) is 0 Å². The molecule has 1 heterocycles. The number of ether oxygens (including phenoxy) is 1. The number of benzene rings is 2. The molecule has 1 N–H and O–H groups in total. The number of hydrogen-bond acceptors (Lipinski definition) is 5. The molecule has 0 amide bonds. The summed E-state index contributed by atoms with van der Waals surface area (Å²) in [6.07, 6.45) is 3.07. The highest BCUT2D eigenvalue weighted by Crippen LogP contribution is 2.24. The van der Waals surface area contributed by atoms with Crippen LogP contribution in [0, 0.1) is 0 Å². The Hall–Kier alpha value is -2.80. The first kappa shape index (κ1) is 15.1. The molecule has 0 saturated carbocycles. The third kappa shape index (κ3) is 3.51. The van der Waals surface area contributed by atoms with Crippen LogP contribution in [-0.2, 0) is 0 Å². The molecule has 0 aliphatic heterocycles. The first-order chi connectivity index (χ1) is 11.2. The lowest BCUT2D eigenvalue weighted by atomic mass is 10.3. The zero-order valence-corrected chi connectivity index (χ0v) is 13.0. The monoisotopic (exact) mass is 327 g/mol. The lowest BCUT2D eigenvalue weighted by molar-refractivity contribution is 0.482. The molecule has 0 atom stereocenters. The van der Waals surface area contributed by atoms with Gasteiger partial charge in [0.05, 0.1) is 5.69 Å². The number of H-pyrrole nitrogens is 1. The quantitative estimate of drug-likeness (QED) is 0.745. The second kappa shape index (κ2) is 6.53. The lowest BCUT2D eigenvalue weighted by Crippen LogP contribution is -2.30. The van der Waals surface area contributed by atoms with Crippen LogP contribution in [0.25, 0.3) is 5.69 Å². The van der Waals surface area contributed by atoms with Crippen molar-refractivity contribution < 1.29 is 4.74 Å². The summed E-state index contributed by atoms with van der Waals surface area (Å²) in [4.78, 5) is 26.0. The Morgan fingerprint density at radius 2 is 1.61 bits per heavy atom. The Balaban J connectivity index is 1.81. The number of nitrogens with zero attached hydrogens (tertiary/aromatic N) is 2. The van der Waals surface area contributed by atoms with E-state index < -0.39 is 11.2 Å². The molecule has 0 unspecified atom stereocenters. The number of thioether (sulfide) groups is 1. The Kier molecular flexibility index (Phi) is 4.29. The number of aromatic amines is 1. The summed E-state index contributed by atoms with van der Waals surface area (Å²) in [6, 6.07) is 14.6. The zero-order valence-electron chi connectivity index (χ0n) is 12.2. The van der Waals surface area contributed by atoms with E-state index in [1.54, 1.807) is 36.0 Å². The van der Waals surface area contributed by atoms with Gasteiger partial charge >= 0.3 is 5.69 Å². The van der Waals surface area contributed by atoms with Gasteiger partial charge in [0.25, 0.3) is 5.56 Å². The largest absolute Gasteiger partial charge is 0.457 e. The summed E-state index contributed by atoms with van der Waals surface area (Å²) in [5.41, 5.74) is -0.574. The fraction of sp³-hybridized carbons (Fsp3) is 0.0625. The van der Waals surface area contributed by atoms with Crippen LogP contribution in [0.2, 0.25) is 0 Å². The first-order valence-electron chi connectivity index (χ1n) is 6.77. The second-order valence-corrected chi connectivity index (χ2v) is 5.50. The summed E-state index contributed by atoms with van der Waals surface area (Å²) in [5.74, 6) is 1.37. The van der Waals surface area contributed by atoms with Crippen LogP contribution in [0.5, 0.6) is 11.5 Å². The summed E-state index contributed by atoms with van der Waals surface area (Å²) >= 11 is 1.67. The van der Waals surface area contributed by atoms with Crippen LogP contribution in [0.15, 0.2) is 69.2 Å². The maximum Gasteiger partial charge on any atom is 0.349 e. The minimum atomic E-state index is -0.584. The summed E-state index contributed by atoms with van der Waals surface area (Å²) in [6.45, 7) is 0. The summed E-state index contributed by atoms with van der Waals surface area (Å²) < 4.78 is 6.85. The molecule has 0 spiro atoms. The van der Waals surface area contributed by atoms with Gasteiger partial charge in [0.2, 0.25) is 0 Å². The van der Waals surface area contributed by atoms with Crippen LogP contribution < -0.4 is 16.0 Å². The molecule has 0 bridgehead atoms. The molecule has 1 aromatic heterocycles. The second-order valence-electron chi connectivity index (χ2n) is 4.62. The van der Waals surface area contributed by atoms with E-state index in [-0.39, 0.29) is 0 Å². The Labute approximate surface area is 135 Å². The zero-order chi connectivity index (χ0) is 16.2. The molecule has 7 heteroatoms. The minimum absolute atomic E-state index is 0.528. The van der Waals surface area contributed by atoms with E-state index in [0.29, 0.717) is 11.4 Å². The summed E-state index contributed by atoms with van der Waals surface area (Å²) in [7, 11) is 0. The number of hydrogen-bond donors (Lipinski definition) is 1. The van der Waals surface area contributed by atoms with E-state index >= 15 is 0 Å². The van der Waals surface area contributed by atoms with E-state index in [1.807, 2.05) is 30.5 Å². The van der Waals surface area contributed by atoms with Gasteiger partial charge in [0, 0.05) is 4.90 Å². The molecule has 3 aromatic rings. The van der Waals surface area contributed by atoms with Gasteiger partial charge in [0.1, 0.15) is 17.7 Å². The van der Waals surface area contributed by atoms with Crippen LogP contribution in [0.1, 0.15) is 0 Å². The van der Waals surface area contributed by atoms with Gasteiger partial charge in [-0.3, -0.25) is 9.78 Å². The van der Waals surface area contributed by atoms with Crippen molar-refractivity contribution in [1.29, 1.82) is 0 Å². The van der Waals surface area contributed by atoms with Gasteiger partial charge in [-0.2, -0.15) is 9.78 Å². The molecule has 6 nitrogen and oxygen atoms in total. The van der Waals surface area contributed by atoms with Crippen molar-refractivity contribution in [1.82, 2.24) is 14.8 Å². The van der Waals surface area contributed by atoms with Gasteiger partial charge < -0.3 is 4.74 Å². The van der Waals surface area contributed by atoms with Crippen molar-refractivity contribution in [2.24, 2.45) is 0 Å². The van der Waals surface area contributed by atoms with Gasteiger partial charge in [-0.15, -0.1) is 11.8 Å². The number of aromatic nitrogens is 3. The highest BCUT2D eigenvalue weighted by Gasteiger charge is 2.03. The third-order valence-electron chi connectivity index (χ3n) is 3.09. The van der Waals surface area contributed by atoms with Crippen molar-refractivity contribution in [2.75, 3.05) is 6.26 Å². The van der Waals surface area contributed by atoms with E-state index in [1.165, 1.54) is 0 Å². The SMILES string of the molecule is CSc1ccc(Oc2ccc(-n3ncc(=O)[nH]c3=O)cc2)cc1. The van der Waals surface area contributed by atoms with Crippen LogP contribution in [0.3, 0.4) is 0 Å². The fourth-order valence-electron chi connectivity index (χ4n) is 1.97. The van der Waals surface area contributed by atoms with Crippen molar-refractivity contribution >= 4 is 11.8 Å². The molecule has 0 radical (unpaired) electrons. The smallest absolute Gasteiger partial charge is 0.349 e. The van der Waals surface area contributed by atoms with E-state index in [4.69, 9.17) is 4.74 Å². The molecule has 3 rings (SSSR count). The molecule has 0 saturated heterocycles. The predicted octanol–water partition coefficient (Wildman–Crippen LogP) is 2.44. The lowest BCUT2D eigenvalue weighted by Gasteiger charge is -2.08. The third-order valence-corrected chi connectivity index (χ3v) is 3.83. The molecule has 0 aliphatic carbocycles. The fourth-order valence-corrected chi connectivity index (χ4v) is 2.38. The molecular weight excluding hydrogens is 314 g/mol. The normalized spacial score (nSPS) is 10.5. The van der Waals surface area contributed by atoms with Crippen molar-refractivity contribution in [3.8, 4) is 17.2 Å². The topological polar surface area (TPSA) is 77.0 Å². The van der Waals surface area contributed by atoms with Crippen molar-refractivity contribution in [2.45, 2.75) is 4.90 Å². The van der Waals surface area contributed by atoms with Gasteiger partial charge in [-0.05, 0) is 54.8 Å². The van der Waals surface area contributed by atoms with E-state index in [0.717, 1.165) is 21.5 Å². The average molecular weight is 327 g/mol. The van der Waals surface area contributed by atoms with Gasteiger partial charge in [-0.25, -0.2) is 4.79 Å². The first-order valence-corrected chi connectivity index (χ1v) is 7.99. The van der Waals surface area contributed by atoms with E-state index in [9.17, 15) is 9.59 Å². The number of nitrogens with one attached hydrogen (secondary N) is 1. The molecule has 23 heavy (non-hydrogen) atoms. The molecule has 116 valence electrons. The molecular formula is C16H13N3O3S. The van der Waals surface area contributed by atoms with Crippen molar-refractivity contribution in [3.63, 3.8) is 0 Å². The van der Waals surface area contributed by atoms with E-state index in [2.05, 4.69) is 10.1 Å². The Bertz CT molecular complexity index is 915. The van der Waals surface area contributed by atoms with Crippen LogP contribution in [-0.4, -0.2) is 21.0 Å². The standard InChI is InChI=1S/C16H13N3O3S/c1-23-14-8-6-13(7-9-14)22-12-4-2-11(3-5-12)19-16(21)18-15(20)10-17-19/h2-10H,1H3,(H,18,20,21). The average Bonchev–Trinajstić information content (AvgIpc) is 2.57. The number of rotatable bonds is 4. The Morgan fingerprint density at radius 3 is 2.17 bits per heavy atom. The Morgan fingerprint density at radius 1 is 1.00 bits per heavy atom. The molecule has 2 aromatic carbocycles. The van der Waals surface area contributed by atoms with Crippen LogP contribution >= 0.6 is 11.8 Å². The minimum Gasteiger partial charge on any atom is -0.457 e. The maximum absolute atomic E-state index is 11.7. The van der Waals surface area contributed by atoms with Crippen molar-refractivity contribution in [3.05, 3.63) is 75.6 Å². The van der Waals surface area contributed by atoms with Gasteiger partial charge in [0.15, 0.2) is 0 Å². The highest BCUT2D eigenvalue weighted by atomic mass is 32.2. The molecule has 0 fully saturated rings. The molecule has 0 aliphatic rings. The predicted molar refractivity (Wildman–Crippen MR) is 88.8 cm³/mol. The maximum atomic E-state index is 11.7. The highest BCUT2D eigenvalue weighted by molar-refractivity contribution is 7.98.